The van der Waals surface area contributed by atoms with Gasteiger partial charge in [0.1, 0.15) is 5.84 Å². The summed E-state index contributed by atoms with van der Waals surface area (Å²) in [5.41, 5.74) is 0.959. The minimum Gasteiger partial charge on any atom is -0.302 e. The topological polar surface area (TPSA) is 32.7 Å². The Bertz CT molecular complexity index is 384. The number of rotatable bonds is 1. The molecule has 1 atom stereocenters. The standard InChI is InChI=1S/C11H12N2O/c1-8-12-10(11(14)13(8)2)9-6-4-3-5-7-9/h3-7,10H,1-2H3. The van der Waals surface area contributed by atoms with Crippen LogP contribution in [0.25, 0.3) is 0 Å². The predicted octanol–water partition coefficient (Wildman–Crippen LogP) is 1.62. The molecule has 1 unspecified atom stereocenters. The van der Waals surface area contributed by atoms with E-state index in [1.54, 1.807) is 11.9 Å². The molecule has 0 bridgehead atoms. The number of nitrogens with zero attached hydrogens (tertiary/aromatic N) is 2. The summed E-state index contributed by atoms with van der Waals surface area (Å²) in [6.07, 6.45) is 0. The largest absolute Gasteiger partial charge is 0.302 e. The molecule has 0 radical (unpaired) electrons. The van der Waals surface area contributed by atoms with Crippen LogP contribution in [0.4, 0.5) is 0 Å². The lowest BCUT2D eigenvalue weighted by Gasteiger charge is -2.10. The maximum absolute atomic E-state index is 11.7. The van der Waals surface area contributed by atoms with Crippen molar-refractivity contribution < 1.29 is 4.79 Å². The van der Waals surface area contributed by atoms with Crippen LogP contribution in [-0.4, -0.2) is 23.7 Å². The molecule has 0 saturated heterocycles. The molecule has 1 amide bonds. The molecule has 1 aromatic rings. The van der Waals surface area contributed by atoms with Crippen LogP contribution in [0.2, 0.25) is 0 Å². The molecule has 1 aliphatic rings. The summed E-state index contributed by atoms with van der Waals surface area (Å²) < 4.78 is 0. The number of carbonyl (C=O) groups excluding carboxylic acids is 1. The maximum Gasteiger partial charge on any atom is 0.257 e. The fourth-order valence-corrected chi connectivity index (χ4v) is 1.52. The van der Waals surface area contributed by atoms with Gasteiger partial charge in [-0.2, -0.15) is 0 Å². The van der Waals surface area contributed by atoms with Crippen molar-refractivity contribution in [3.05, 3.63) is 35.9 Å². The first kappa shape index (κ1) is 8.94. The highest BCUT2D eigenvalue weighted by Crippen LogP contribution is 2.24. The van der Waals surface area contributed by atoms with Gasteiger partial charge < -0.3 is 4.90 Å². The smallest absolute Gasteiger partial charge is 0.257 e. The lowest BCUT2D eigenvalue weighted by molar-refractivity contribution is -0.126. The Balaban J connectivity index is 2.35. The molecule has 3 nitrogen and oxygen atoms in total. The second kappa shape index (κ2) is 3.25. The first-order valence-electron chi connectivity index (χ1n) is 4.57. The minimum absolute atomic E-state index is 0.0497. The van der Waals surface area contributed by atoms with Crippen LogP contribution in [0.5, 0.6) is 0 Å². The number of amides is 1. The minimum atomic E-state index is -0.332. The summed E-state index contributed by atoms with van der Waals surface area (Å²) >= 11 is 0. The fourth-order valence-electron chi connectivity index (χ4n) is 1.52. The molecule has 0 fully saturated rings. The quantitative estimate of drug-likeness (QED) is 0.659. The molecule has 0 aliphatic carbocycles. The summed E-state index contributed by atoms with van der Waals surface area (Å²) in [4.78, 5) is 17.6. The summed E-state index contributed by atoms with van der Waals surface area (Å²) in [6, 6.07) is 9.30. The Morgan fingerprint density at radius 1 is 1.29 bits per heavy atom. The normalized spacial score (nSPS) is 21.3. The second-order valence-electron chi connectivity index (χ2n) is 3.39. The molecular weight excluding hydrogens is 176 g/mol. The monoisotopic (exact) mass is 188 g/mol. The number of carbonyl (C=O) groups is 1. The molecule has 14 heavy (non-hydrogen) atoms. The van der Waals surface area contributed by atoms with E-state index in [9.17, 15) is 4.79 Å². The molecule has 72 valence electrons. The number of hydrogen-bond donors (Lipinski definition) is 0. The van der Waals surface area contributed by atoms with Crippen molar-refractivity contribution in [3.8, 4) is 0 Å². The molecule has 1 aliphatic heterocycles. The molecule has 0 saturated carbocycles. The third kappa shape index (κ3) is 1.31. The van der Waals surface area contributed by atoms with Crippen molar-refractivity contribution in [1.29, 1.82) is 0 Å². The molecule has 0 N–H and O–H groups in total. The van der Waals surface area contributed by atoms with Crippen LogP contribution in [0, 0.1) is 0 Å². The highest BCUT2D eigenvalue weighted by molar-refractivity contribution is 6.04. The first-order valence-corrected chi connectivity index (χ1v) is 4.57. The first-order chi connectivity index (χ1) is 6.70. The van der Waals surface area contributed by atoms with E-state index in [2.05, 4.69) is 4.99 Å². The van der Waals surface area contributed by atoms with E-state index in [1.807, 2.05) is 37.3 Å². The molecule has 3 heteroatoms. The molecular formula is C11H12N2O. The van der Waals surface area contributed by atoms with Gasteiger partial charge in [0.05, 0.1) is 0 Å². The summed E-state index contributed by atoms with van der Waals surface area (Å²) in [7, 11) is 1.75. The summed E-state index contributed by atoms with van der Waals surface area (Å²) in [5.74, 6) is 0.831. The van der Waals surface area contributed by atoms with Gasteiger partial charge in [-0.15, -0.1) is 0 Å². The number of benzene rings is 1. The molecule has 2 rings (SSSR count). The Morgan fingerprint density at radius 2 is 1.93 bits per heavy atom. The molecule has 0 spiro atoms. The van der Waals surface area contributed by atoms with Gasteiger partial charge in [0.25, 0.3) is 5.91 Å². The fraction of sp³-hybridized carbons (Fsp3) is 0.273. The lowest BCUT2D eigenvalue weighted by Crippen LogP contribution is -2.27. The zero-order valence-corrected chi connectivity index (χ0v) is 8.27. The van der Waals surface area contributed by atoms with Gasteiger partial charge in [-0.05, 0) is 12.5 Å². The van der Waals surface area contributed by atoms with Gasteiger partial charge in [-0.3, -0.25) is 9.79 Å². The van der Waals surface area contributed by atoms with Crippen molar-refractivity contribution in [2.24, 2.45) is 4.99 Å². The summed E-state index contributed by atoms with van der Waals surface area (Å²) in [5, 5.41) is 0. The van der Waals surface area contributed by atoms with Crippen LogP contribution >= 0.6 is 0 Å². The van der Waals surface area contributed by atoms with Crippen LogP contribution in [-0.2, 0) is 4.79 Å². The van der Waals surface area contributed by atoms with Crippen molar-refractivity contribution in [1.82, 2.24) is 4.90 Å². The zero-order valence-electron chi connectivity index (χ0n) is 8.27. The van der Waals surface area contributed by atoms with E-state index in [0.717, 1.165) is 11.4 Å². The van der Waals surface area contributed by atoms with E-state index >= 15 is 0 Å². The van der Waals surface area contributed by atoms with Gasteiger partial charge >= 0.3 is 0 Å². The number of likely N-dealkylation sites (N-methyl/N-ethyl adjacent to an activating group) is 1. The van der Waals surface area contributed by atoms with E-state index in [-0.39, 0.29) is 11.9 Å². The van der Waals surface area contributed by atoms with Crippen LogP contribution < -0.4 is 0 Å². The van der Waals surface area contributed by atoms with Crippen LogP contribution in [0.1, 0.15) is 18.5 Å². The Hall–Kier alpha value is -1.64. The Morgan fingerprint density at radius 3 is 2.43 bits per heavy atom. The molecule has 1 heterocycles. The number of hydrogen-bond acceptors (Lipinski definition) is 2. The zero-order chi connectivity index (χ0) is 10.1. The van der Waals surface area contributed by atoms with Crippen molar-refractivity contribution in [2.45, 2.75) is 13.0 Å². The van der Waals surface area contributed by atoms with Crippen LogP contribution in [0.15, 0.2) is 35.3 Å². The van der Waals surface area contributed by atoms with E-state index in [4.69, 9.17) is 0 Å². The van der Waals surface area contributed by atoms with Gasteiger partial charge in [0.2, 0.25) is 0 Å². The average Bonchev–Trinajstić information content (AvgIpc) is 2.47. The maximum atomic E-state index is 11.7. The van der Waals surface area contributed by atoms with Gasteiger partial charge in [-0.1, -0.05) is 30.3 Å². The van der Waals surface area contributed by atoms with Crippen molar-refractivity contribution >= 4 is 11.7 Å². The average molecular weight is 188 g/mol. The van der Waals surface area contributed by atoms with E-state index in [0.29, 0.717) is 0 Å². The summed E-state index contributed by atoms with van der Waals surface area (Å²) in [6.45, 7) is 1.85. The van der Waals surface area contributed by atoms with Gasteiger partial charge in [0, 0.05) is 7.05 Å². The SMILES string of the molecule is CC1=NC(c2ccccc2)C(=O)N1C. The predicted molar refractivity (Wildman–Crippen MR) is 55.1 cm³/mol. The lowest BCUT2D eigenvalue weighted by atomic mass is 10.1. The number of aliphatic imine (C=N–C) groups is 1. The van der Waals surface area contributed by atoms with Gasteiger partial charge in [0.15, 0.2) is 6.04 Å². The highest BCUT2D eigenvalue weighted by atomic mass is 16.2. The van der Waals surface area contributed by atoms with E-state index in [1.165, 1.54) is 0 Å². The Labute approximate surface area is 83.1 Å². The van der Waals surface area contributed by atoms with Crippen molar-refractivity contribution in [2.75, 3.05) is 7.05 Å². The Kier molecular flexibility index (Phi) is 2.08. The van der Waals surface area contributed by atoms with Gasteiger partial charge in [-0.25, -0.2) is 0 Å². The van der Waals surface area contributed by atoms with Crippen LogP contribution in [0.3, 0.4) is 0 Å². The number of amidine groups is 1. The van der Waals surface area contributed by atoms with E-state index < -0.39 is 0 Å². The second-order valence-corrected chi connectivity index (χ2v) is 3.39. The molecule has 1 aromatic carbocycles. The van der Waals surface area contributed by atoms with Crippen molar-refractivity contribution in [3.63, 3.8) is 0 Å². The third-order valence-electron chi connectivity index (χ3n) is 2.48. The third-order valence-corrected chi connectivity index (χ3v) is 2.48. The highest BCUT2D eigenvalue weighted by Gasteiger charge is 2.30. The molecule has 0 aromatic heterocycles.